The predicted octanol–water partition coefficient (Wildman–Crippen LogP) is 3.35. The van der Waals surface area contributed by atoms with Gasteiger partial charge in [-0.2, -0.15) is 0 Å². The summed E-state index contributed by atoms with van der Waals surface area (Å²) in [7, 11) is 1.54. The van der Waals surface area contributed by atoms with Crippen molar-refractivity contribution in [3.05, 3.63) is 75.6 Å². The summed E-state index contributed by atoms with van der Waals surface area (Å²) in [5.41, 5.74) is -1.40. The Morgan fingerprint density at radius 1 is 1.04 bits per heavy atom. The number of nitrogens with zero attached hydrogens (tertiary/aromatic N) is 1. The first-order chi connectivity index (χ1) is 11.8. The molecule has 0 unspecified atom stereocenters. The average molecular weight is 350 g/mol. The Morgan fingerprint density at radius 2 is 1.76 bits per heavy atom. The summed E-state index contributed by atoms with van der Waals surface area (Å²) < 4.78 is 54.6. The van der Waals surface area contributed by atoms with Gasteiger partial charge in [0.1, 0.15) is 11.4 Å². The Labute approximate surface area is 138 Å². The van der Waals surface area contributed by atoms with Crippen molar-refractivity contribution in [1.29, 1.82) is 0 Å². The Bertz CT molecular complexity index is 1080. The van der Waals surface area contributed by atoms with Crippen LogP contribution in [0.25, 0.3) is 10.9 Å². The van der Waals surface area contributed by atoms with Gasteiger partial charge in [-0.3, -0.25) is 9.59 Å². The molecule has 0 spiro atoms. The molecule has 0 atom stereocenters. The van der Waals surface area contributed by atoms with Crippen LogP contribution in [0.4, 0.5) is 23.2 Å². The molecule has 3 rings (SSSR count). The van der Waals surface area contributed by atoms with E-state index in [1.807, 2.05) is 5.32 Å². The molecule has 0 aliphatic heterocycles. The van der Waals surface area contributed by atoms with E-state index in [4.69, 9.17) is 0 Å². The fourth-order valence-corrected chi connectivity index (χ4v) is 2.44. The van der Waals surface area contributed by atoms with Gasteiger partial charge in [0.15, 0.2) is 17.5 Å². The first-order valence-electron chi connectivity index (χ1n) is 7.03. The number of aromatic nitrogens is 1. The molecule has 0 fully saturated rings. The molecule has 3 aromatic rings. The lowest BCUT2D eigenvalue weighted by atomic mass is 10.1. The van der Waals surface area contributed by atoms with E-state index in [-0.39, 0.29) is 5.39 Å². The second-order valence-corrected chi connectivity index (χ2v) is 5.32. The van der Waals surface area contributed by atoms with E-state index in [1.54, 1.807) is 0 Å². The first-order valence-corrected chi connectivity index (χ1v) is 7.03. The van der Waals surface area contributed by atoms with Gasteiger partial charge in [0, 0.05) is 18.6 Å². The highest BCUT2D eigenvalue weighted by molar-refractivity contribution is 6.05. The molecule has 0 bridgehead atoms. The smallest absolute Gasteiger partial charge is 0.261 e. The zero-order valence-corrected chi connectivity index (χ0v) is 12.7. The maximum Gasteiger partial charge on any atom is 0.261 e. The monoisotopic (exact) mass is 350 g/mol. The lowest BCUT2D eigenvalue weighted by Gasteiger charge is -2.10. The van der Waals surface area contributed by atoms with Crippen molar-refractivity contribution in [3.8, 4) is 0 Å². The van der Waals surface area contributed by atoms with Crippen molar-refractivity contribution in [2.75, 3.05) is 5.32 Å². The van der Waals surface area contributed by atoms with E-state index in [2.05, 4.69) is 0 Å². The van der Waals surface area contributed by atoms with Gasteiger partial charge in [-0.1, -0.05) is 0 Å². The summed E-state index contributed by atoms with van der Waals surface area (Å²) in [6.07, 6.45) is 1.19. The Balaban J connectivity index is 2.08. The number of fused-ring (bicyclic) bond motifs is 1. The lowest BCUT2D eigenvalue weighted by molar-refractivity contribution is 0.102. The van der Waals surface area contributed by atoms with E-state index >= 15 is 0 Å². The third-order valence-corrected chi connectivity index (χ3v) is 3.68. The van der Waals surface area contributed by atoms with Crippen LogP contribution in [0.2, 0.25) is 0 Å². The number of carbonyl (C=O) groups is 1. The number of anilines is 1. The van der Waals surface area contributed by atoms with Gasteiger partial charge >= 0.3 is 0 Å². The molecule has 0 radical (unpaired) electrons. The number of pyridine rings is 1. The molecule has 2 aromatic carbocycles. The minimum Gasteiger partial charge on any atom is -0.350 e. The number of nitrogens with one attached hydrogen (secondary N) is 1. The van der Waals surface area contributed by atoms with Gasteiger partial charge in [0.2, 0.25) is 5.43 Å². The summed E-state index contributed by atoms with van der Waals surface area (Å²) in [4.78, 5) is 24.7. The van der Waals surface area contributed by atoms with Gasteiger partial charge in [-0.25, -0.2) is 17.6 Å². The van der Waals surface area contributed by atoms with E-state index in [1.165, 1.54) is 23.9 Å². The summed E-state index contributed by atoms with van der Waals surface area (Å²) in [5.74, 6) is -6.43. The van der Waals surface area contributed by atoms with Gasteiger partial charge in [-0.05, 0) is 30.3 Å². The molecule has 0 saturated heterocycles. The minimum atomic E-state index is -1.74. The summed E-state index contributed by atoms with van der Waals surface area (Å²) in [5, 5.41) is 1.97. The van der Waals surface area contributed by atoms with Crippen LogP contribution in [0, 0.1) is 23.3 Å². The van der Waals surface area contributed by atoms with Crippen molar-refractivity contribution in [2.24, 2.45) is 7.05 Å². The van der Waals surface area contributed by atoms with E-state index in [0.29, 0.717) is 11.6 Å². The Kier molecular flexibility index (Phi) is 4.03. The SMILES string of the molecule is Cn1cc(C(=O)Nc2ccc(F)c(F)c2F)c(=O)c2cc(F)ccc21. The fourth-order valence-electron chi connectivity index (χ4n) is 2.44. The Hall–Kier alpha value is -3.16. The minimum absolute atomic E-state index is 0.0408. The van der Waals surface area contributed by atoms with E-state index < -0.39 is 45.9 Å². The normalized spacial score (nSPS) is 10.9. The highest BCUT2D eigenvalue weighted by atomic mass is 19.2. The molecule has 128 valence electrons. The van der Waals surface area contributed by atoms with Gasteiger partial charge < -0.3 is 9.88 Å². The summed E-state index contributed by atoms with van der Waals surface area (Å²) in [6, 6.07) is 4.99. The first kappa shape index (κ1) is 16.7. The van der Waals surface area contributed by atoms with Crippen LogP contribution in [0.5, 0.6) is 0 Å². The third kappa shape index (κ3) is 2.86. The summed E-state index contributed by atoms with van der Waals surface area (Å²) >= 11 is 0. The van der Waals surface area contributed by atoms with Crippen molar-refractivity contribution in [3.63, 3.8) is 0 Å². The molecule has 1 amide bonds. The zero-order valence-electron chi connectivity index (χ0n) is 12.7. The number of carbonyl (C=O) groups excluding carboxylic acids is 1. The molecule has 0 aliphatic rings. The molecule has 1 N–H and O–H groups in total. The van der Waals surface area contributed by atoms with E-state index in [9.17, 15) is 27.2 Å². The average Bonchev–Trinajstić information content (AvgIpc) is 2.58. The number of rotatable bonds is 2. The molecule has 1 aromatic heterocycles. The predicted molar refractivity (Wildman–Crippen MR) is 83.4 cm³/mol. The maximum absolute atomic E-state index is 13.7. The van der Waals surface area contributed by atoms with Crippen LogP contribution in [-0.2, 0) is 7.05 Å². The number of halogens is 4. The fraction of sp³-hybridized carbons (Fsp3) is 0.0588. The molecule has 0 aliphatic carbocycles. The molecule has 1 heterocycles. The largest absolute Gasteiger partial charge is 0.350 e. The quantitative estimate of drug-likeness (QED) is 0.569. The lowest BCUT2D eigenvalue weighted by Crippen LogP contribution is -2.24. The number of benzene rings is 2. The third-order valence-electron chi connectivity index (χ3n) is 3.68. The molecular formula is C17H10F4N2O2. The van der Waals surface area contributed by atoms with Crippen LogP contribution in [0.15, 0.2) is 41.3 Å². The standard InChI is InChI=1S/C17H10F4N2O2/c1-23-7-10(16(24)9-6-8(18)2-5-13(9)23)17(25)22-12-4-3-11(19)14(20)15(12)21/h2-7H,1H3,(H,22,25). The highest BCUT2D eigenvalue weighted by Gasteiger charge is 2.19. The molecule has 25 heavy (non-hydrogen) atoms. The molecule has 0 saturated carbocycles. The van der Waals surface area contributed by atoms with Crippen LogP contribution in [0.3, 0.4) is 0 Å². The van der Waals surface area contributed by atoms with Gasteiger partial charge in [0.05, 0.1) is 11.2 Å². The van der Waals surface area contributed by atoms with Crippen LogP contribution < -0.4 is 10.7 Å². The number of amides is 1. The molecule has 8 heteroatoms. The van der Waals surface area contributed by atoms with Crippen molar-refractivity contribution in [1.82, 2.24) is 4.57 Å². The van der Waals surface area contributed by atoms with Gasteiger partial charge in [-0.15, -0.1) is 0 Å². The van der Waals surface area contributed by atoms with Crippen LogP contribution in [0.1, 0.15) is 10.4 Å². The van der Waals surface area contributed by atoms with Gasteiger partial charge in [0.25, 0.3) is 5.91 Å². The number of hydrogen-bond acceptors (Lipinski definition) is 2. The zero-order chi connectivity index (χ0) is 18.3. The maximum atomic E-state index is 13.7. The second kappa shape index (κ2) is 6.04. The molecular weight excluding hydrogens is 340 g/mol. The number of aryl methyl sites for hydroxylation is 1. The number of hydrogen-bond donors (Lipinski definition) is 1. The molecule has 4 nitrogen and oxygen atoms in total. The van der Waals surface area contributed by atoms with E-state index in [0.717, 1.165) is 18.2 Å². The van der Waals surface area contributed by atoms with Crippen LogP contribution in [-0.4, -0.2) is 10.5 Å². The second-order valence-electron chi connectivity index (χ2n) is 5.32. The topological polar surface area (TPSA) is 51.1 Å². The highest BCUT2D eigenvalue weighted by Crippen LogP contribution is 2.20. The summed E-state index contributed by atoms with van der Waals surface area (Å²) in [6.45, 7) is 0. The van der Waals surface area contributed by atoms with Crippen molar-refractivity contribution < 1.29 is 22.4 Å². The Morgan fingerprint density at radius 3 is 2.48 bits per heavy atom. The van der Waals surface area contributed by atoms with Crippen molar-refractivity contribution in [2.45, 2.75) is 0 Å². The van der Waals surface area contributed by atoms with Crippen molar-refractivity contribution >= 4 is 22.5 Å². The van der Waals surface area contributed by atoms with Crippen LogP contribution >= 0.6 is 0 Å².